The van der Waals surface area contributed by atoms with E-state index in [4.69, 9.17) is 30.9 Å². The fourth-order valence-corrected chi connectivity index (χ4v) is 5.71. The maximum absolute atomic E-state index is 12.4. The normalized spacial score (nSPS) is 15.1. The molecule has 188 valence electrons. The standard InChI is InChI=1S/C23H26N8O4S/c1-4-34-21(32)13-9-26-30(17(13)24)19-16-12-7-6-11(3)8-15(12)36-20(16)29-23(28-19)31-18(25)14(10-27-31)22(33)35-5-2/h9-11H,4-8,24-25H2,1-3H3. The molecular weight excluding hydrogens is 484 g/mol. The van der Waals surface area contributed by atoms with Gasteiger partial charge in [0.15, 0.2) is 5.82 Å². The van der Waals surface area contributed by atoms with E-state index in [0.29, 0.717) is 16.6 Å². The Kier molecular flexibility index (Phi) is 6.08. The number of ether oxygens (including phenoxy) is 2. The fraction of sp³-hybridized carbons (Fsp3) is 0.391. The van der Waals surface area contributed by atoms with E-state index in [0.717, 1.165) is 30.2 Å². The van der Waals surface area contributed by atoms with Crippen LogP contribution in [-0.2, 0) is 22.3 Å². The molecule has 1 unspecified atom stereocenters. The van der Waals surface area contributed by atoms with Crippen LogP contribution in [0.3, 0.4) is 0 Å². The average molecular weight is 511 g/mol. The predicted molar refractivity (Wildman–Crippen MR) is 134 cm³/mol. The van der Waals surface area contributed by atoms with E-state index >= 15 is 0 Å². The molecule has 1 atom stereocenters. The third kappa shape index (κ3) is 3.85. The number of carbonyl (C=O) groups excluding carboxylic acids is 2. The number of fused-ring (bicyclic) bond motifs is 3. The van der Waals surface area contributed by atoms with Crippen LogP contribution >= 0.6 is 11.3 Å². The molecule has 0 amide bonds. The van der Waals surface area contributed by atoms with Crippen molar-refractivity contribution in [2.24, 2.45) is 5.92 Å². The van der Waals surface area contributed by atoms with Crippen molar-refractivity contribution in [3.8, 4) is 11.8 Å². The number of hydrogen-bond acceptors (Lipinski definition) is 11. The molecular formula is C23H26N8O4S. The molecule has 5 rings (SSSR count). The van der Waals surface area contributed by atoms with Gasteiger partial charge in [-0.1, -0.05) is 6.92 Å². The molecule has 0 aromatic carbocycles. The van der Waals surface area contributed by atoms with Gasteiger partial charge in [0.2, 0.25) is 0 Å². The van der Waals surface area contributed by atoms with Crippen LogP contribution in [0, 0.1) is 5.92 Å². The van der Waals surface area contributed by atoms with E-state index in [9.17, 15) is 9.59 Å². The largest absolute Gasteiger partial charge is 0.462 e. The minimum Gasteiger partial charge on any atom is -0.462 e. The Labute approximate surface area is 210 Å². The van der Waals surface area contributed by atoms with Crippen molar-refractivity contribution in [3.05, 3.63) is 34.0 Å². The Morgan fingerprint density at radius 1 is 1.03 bits per heavy atom. The number of rotatable bonds is 6. The Morgan fingerprint density at radius 2 is 1.64 bits per heavy atom. The zero-order valence-corrected chi connectivity index (χ0v) is 21.0. The SMILES string of the molecule is CCOC(=O)c1cnn(-c2nc(-n3ncc(C(=O)OCC)c3N)c3c4c(sc3n2)CC(C)CC4)c1N. The molecule has 1 aliphatic carbocycles. The second kappa shape index (κ2) is 9.22. The van der Waals surface area contributed by atoms with Crippen LogP contribution in [-0.4, -0.2) is 54.7 Å². The minimum absolute atomic E-state index is 0.0503. The predicted octanol–water partition coefficient (Wildman–Crippen LogP) is 2.71. The second-order valence-corrected chi connectivity index (χ2v) is 9.61. The zero-order valence-electron chi connectivity index (χ0n) is 20.1. The van der Waals surface area contributed by atoms with Gasteiger partial charge in [-0.15, -0.1) is 11.3 Å². The van der Waals surface area contributed by atoms with Crippen molar-refractivity contribution in [2.45, 2.75) is 40.0 Å². The molecule has 0 saturated carbocycles. The van der Waals surface area contributed by atoms with E-state index in [-0.39, 0.29) is 41.9 Å². The van der Waals surface area contributed by atoms with Crippen molar-refractivity contribution in [2.75, 3.05) is 24.7 Å². The third-order valence-electron chi connectivity index (χ3n) is 6.12. The van der Waals surface area contributed by atoms with Gasteiger partial charge in [-0.25, -0.2) is 9.59 Å². The third-order valence-corrected chi connectivity index (χ3v) is 7.27. The number of aromatic nitrogens is 6. The number of carbonyl (C=O) groups is 2. The lowest BCUT2D eigenvalue weighted by atomic mass is 9.89. The molecule has 36 heavy (non-hydrogen) atoms. The van der Waals surface area contributed by atoms with Crippen molar-refractivity contribution < 1.29 is 19.1 Å². The molecule has 13 heteroatoms. The first-order valence-corrected chi connectivity index (χ1v) is 12.5. The average Bonchev–Trinajstić information content (AvgIpc) is 3.52. The van der Waals surface area contributed by atoms with E-state index in [1.165, 1.54) is 26.6 Å². The molecule has 4 heterocycles. The van der Waals surface area contributed by atoms with Crippen LogP contribution < -0.4 is 11.5 Å². The van der Waals surface area contributed by atoms with Gasteiger partial charge in [-0.3, -0.25) is 0 Å². The topological polar surface area (TPSA) is 166 Å². The molecule has 0 fully saturated rings. The molecule has 0 spiro atoms. The Hall–Kier alpha value is -4.00. The number of thiophene rings is 1. The van der Waals surface area contributed by atoms with Gasteiger partial charge in [0.05, 0.1) is 31.0 Å². The highest BCUT2D eigenvalue weighted by molar-refractivity contribution is 7.19. The van der Waals surface area contributed by atoms with E-state index < -0.39 is 11.9 Å². The first kappa shape index (κ1) is 23.7. The van der Waals surface area contributed by atoms with Crippen molar-refractivity contribution >= 4 is 45.1 Å². The highest BCUT2D eigenvalue weighted by Crippen LogP contribution is 2.40. The second-order valence-electron chi connectivity index (χ2n) is 8.53. The van der Waals surface area contributed by atoms with Crippen LogP contribution in [0.15, 0.2) is 12.4 Å². The number of nitrogens with two attached hydrogens (primary N) is 2. The maximum atomic E-state index is 12.4. The highest BCUT2D eigenvalue weighted by atomic mass is 32.1. The van der Waals surface area contributed by atoms with Gasteiger partial charge in [0.1, 0.15) is 27.6 Å². The summed E-state index contributed by atoms with van der Waals surface area (Å²) in [6.45, 7) is 6.07. The van der Waals surface area contributed by atoms with Gasteiger partial charge in [-0.2, -0.15) is 29.5 Å². The smallest absolute Gasteiger partial charge is 0.343 e. The molecule has 0 aliphatic heterocycles. The van der Waals surface area contributed by atoms with Crippen molar-refractivity contribution in [1.29, 1.82) is 0 Å². The molecule has 12 nitrogen and oxygen atoms in total. The molecule has 0 saturated heterocycles. The molecule has 4 aromatic rings. The number of aryl methyl sites for hydroxylation is 1. The lowest BCUT2D eigenvalue weighted by Gasteiger charge is -2.18. The summed E-state index contributed by atoms with van der Waals surface area (Å²) >= 11 is 1.58. The van der Waals surface area contributed by atoms with Gasteiger partial charge in [-0.05, 0) is 44.6 Å². The minimum atomic E-state index is -0.585. The van der Waals surface area contributed by atoms with E-state index in [2.05, 4.69) is 17.1 Å². The first-order valence-electron chi connectivity index (χ1n) is 11.7. The first-order chi connectivity index (χ1) is 17.3. The van der Waals surface area contributed by atoms with Crippen LogP contribution in [0.4, 0.5) is 11.6 Å². The molecule has 4 aromatic heterocycles. The molecule has 0 radical (unpaired) electrons. The van der Waals surface area contributed by atoms with Gasteiger partial charge in [0, 0.05) is 4.88 Å². The van der Waals surface area contributed by atoms with E-state index in [1.807, 2.05) is 0 Å². The number of esters is 2. The lowest BCUT2D eigenvalue weighted by Crippen LogP contribution is -2.14. The number of anilines is 2. The quantitative estimate of drug-likeness (QED) is 0.368. The lowest BCUT2D eigenvalue weighted by molar-refractivity contribution is 0.0518. The van der Waals surface area contributed by atoms with Gasteiger partial charge < -0.3 is 20.9 Å². The Morgan fingerprint density at radius 3 is 2.28 bits per heavy atom. The molecule has 1 aliphatic rings. The van der Waals surface area contributed by atoms with Crippen LogP contribution in [0.5, 0.6) is 0 Å². The number of nitrogens with zero attached hydrogens (tertiary/aromatic N) is 6. The van der Waals surface area contributed by atoms with Crippen LogP contribution in [0.1, 0.15) is 58.3 Å². The highest BCUT2D eigenvalue weighted by Gasteiger charge is 2.28. The monoisotopic (exact) mass is 510 g/mol. The van der Waals surface area contributed by atoms with Gasteiger partial charge in [0.25, 0.3) is 5.95 Å². The summed E-state index contributed by atoms with van der Waals surface area (Å²) in [5, 5.41) is 9.43. The number of hydrogen-bond donors (Lipinski definition) is 2. The summed E-state index contributed by atoms with van der Waals surface area (Å²) in [4.78, 5) is 36.1. The van der Waals surface area contributed by atoms with Crippen molar-refractivity contribution in [3.63, 3.8) is 0 Å². The van der Waals surface area contributed by atoms with Crippen LogP contribution in [0.2, 0.25) is 0 Å². The summed E-state index contributed by atoms with van der Waals surface area (Å²) in [5.74, 6) is 0.105. The summed E-state index contributed by atoms with van der Waals surface area (Å²) in [6, 6.07) is 0. The van der Waals surface area contributed by atoms with E-state index in [1.54, 1.807) is 25.2 Å². The Balaban J connectivity index is 1.72. The fourth-order valence-electron chi connectivity index (χ4n) is 4.34. The summed E-state index contributed by atoms with van der Waals surface area (Å²) in [6.07, 6.45) is 5.53. The van der Waals surface area contributed by atoms with Crippen LogP contribution in [0.25, 0.3) is 22.0 Å². The van der Waals surface area contributed by atoms with Gasteiger partial charge >= 0.3 is 11.9 Å². The maximum Gasteiger partial charge on any atom is 0.343 e. The summed E-state index contributed by atoms with van der Waals surface area (Å²) < 4.78 is 12.9. The summed E-state index contributed by atoms with van der Waals surface area (Å²) in [7, 11) is 0. The number of nitrogen functional groups attached to an aromatic ring is 2. The summed E-state index contributed by atoms with van der Waals surface area (Å²) in [5.41, 5.74) is 14.0. The molecule has 4 N–H and O–H groups in total. The zero-order chi connectivity index (χ0) is 25.6. The van der Waals surface area contributed by atoms with Crippen molar-refractivity contribution in [1.82, 2.24) is 29.5 Å². The molecule has 0 bridgehead atoms. The Bertz CT molecular complexity index is 1490.